The normalized spacial score (nSPS) is 18.9. The number of aliphatic hydroxyl groups excluding tert-OH is 1. The van der Waals surface area contributed by atoms with Crippen LogP contribution in [0.3, 0.4) is 0 Å². The van der Waals surface area contributed by atoms with Crippen LogP contribution in [0.2, 0.25) is 0 Å². The zero-order chi connectivity index (χ0) is 14.4. The van der Waals surface area contributed by atoms with Crippen LogP contribution < -0.4 is 4.74 Å². The van der Waals surface area contributed by atoms with Gasteiger partial charge in [-0.3, -0.25) is 0 Å². The first-order chi connectivity index (χ1) is 9.69. The Hall–Kier alpha value is -1.10. The van der Waals surface area contributed by atoms with Gasteiger partial charge in [0.1, 0.15) is 5.75 Å². The van der Waals surface area contributed by atoms with Gasteiger partial charge >= 0.3 is 0 Å². The van der Waals surface area contributed by atoms with Crippen LogP contribution in [0.4, 0.5) is 0 Å². The molecule has 20 heavy (non-hydrogen) atoms. The maximum Gasteiger partial charge on any atom is 0.119 e. The highest BCUT2D eigenvalue weighted by Gasteiger charge is 2.15. The van der Waals surface area contributed by atoms with Crippen LogP contribution >= 0.6 is 0 Å². The summed E-state index contributed by atoms with van der Waals surface area (Å²) in [5.74, 6) is 0.863. The molecule has 0 aromatic heterocycles. The molecule has 1 unspecified atom stereocenters. The van der Waals surface area contributed by atoms with E-state index < -0.39 is 0 Å². The van der Waals surface area contributed by atoms with Gasteiger partial charge in [-0.1, -0.05) is 12.1 Å². The zero-order valence-electron chi connectivity index (χ0n) is 12.6. The number of likely N-dealkylation sites (N-methyl/N-ethyl adjacent to an activating group) is 1. The lowest BCUT2D eigenvalue weighted by Crippen LogP contribution is -2.44. The van der Waals surface area contributed by atoms with E-state index in [4.69, 9.17) is 4.74 Å². The van der Waals surface area contributed by atoms with Crippen molar-refractivity contribution in [1.29, 1.82) is 0 Å². The number of hydrogen-bond donors (Lipinski definition) is 1. The Balaban J connectivity index is 1.77. The van der Waals surface area contributed by atoms with Crippen LogP contribution in [0.5, 0.6) is 5.75 Å². The number of benzene rings is 1. The predicted octanol–water partition coefficient (Wildman–Crippen LogP) is 1.76. The fourth-order valence-electron chi connectivity index (χ4n) is 2.50. The van der Waals surface area contributed by atoms with Gasteiger partial charge in [0.05, 0.1) is 12.7 Å². The first-order valence-electron chi connectivity index (χ1n) is 7.50. The maximum absolute atomic E-state index is 10.2. The van der Waals surface area contributed by atoms with Crippen LogP contribution in [-0.4, -0.2) is 61.3 Å². The minimum absolute atomic E-state index is 0.384. The molecule has 0 amide bonds. The highest BCUT2D eigenvalue weighted by molar-refractivity contribution is 5.28. The van der Waals surface area contributed by atoms with E-state index in [0.717, 1.165) is 50.5 Å². The Morgan fingerprint density at radius 2 is 1.80 bits per heavy atom. The third-order valence-electron chi connectivity index (χ3n) is 3.89. The van der Waals surface area contributed by atoms with Gasteiger partial charge < -0.3 is 19.6 Å². The Kier molecular flexibility index (Phi) is 5.83. The molecular weight excluding hydrogens is 252 g/mol. The van der Waals surface area contributed by atoms with E-state index in [2.05, 4.69) is 16.8 Å². The van der Waals surface area contributed by atoms with E-state index in [-0.39, 0.29) is 6.10 Å². The van der Waals surface area contributed by atoms with E-state index in [1.54, 1.807) is 0 Å². The number of hydrogen-bond acceptors (Lipinski definition) is 4. The monoisotopic (exact) mass is 278 g/mol. The molecule has 4 nitrogen and oxygen atoms in total. The Bertz CT molecular complexity index is 386. The molecule has 0 aliphatic carbocycles. The average Bonchev–Trinajstić information content (AvgIpc) is 2.47. The average molecular weight is 278 g/mol. The number of nitrogens with zero attached hydrogens (tertiary/aromatic N) is 2. The summed E-state index contributed by atoms with van der Waals surface area (Å²) in [5.41, 5.74) is 0.975. The molecule has 1 aromatic carbocycles. The molecule has 0 radical (unpaired) electrons. The van der Waals surface area contributed by atoms with Crippen molar-refractivity contribution in [1.82, 2.24) is 9.80 Å². The van der Waals surface area contributed by atoms with Crippen LogP contribution in [0.15, 0.2) is 24.3 Å². The van der Waals surface area contributed by atoms with Gasteiger partial charge in [-0.25, -0.2) is 0 Å². The van der Waals surface area contributed by atoms with Gasteiger partial charge in [-0.2, -0.15) is 0 Å². The SMILES string of the molecule is CCOc1ccc(C(O)CCN2CCN(C)CC2)cc1. The van der Waals surface area contributed by atoms with Crippen molar-refractivity contribution in [2.24, 2.45) is 0 Å². The number of ether oxygens (including phenoxy) is 1. The molecule has 0 spiro atoms. The summed E-state index contributed by atoms with van der Waals surface area (Å²) in [6.45, 7) is 8.06. The molecule has 4 heteroatoms. The topological polar surface area (TPSA) is 35.9 Å². The fourth-order valence-corrected chi connectivity index (χ4v) is 2.50. The van der Waals surface area contributed by atoms with Gasteiger partial charge in [-0.05, 0) is 38.1 Å². The molecule has 112 valence electrons. The standard InChI is InChI=1S/C16H26N2O2/c1-3-20-15-6-4-14(5-7-15)16(19)8-9-18-12-10-17(2)11-13-18/h4-7,16,19H,3,8-13H2,1-2H3. The van der Waals surface area contributed by atoms with Crippen LogP contribution in [0.25, 0.3) is 0 Å². The molecule has 1 heterocycles. The van der Waals surface area contributed by atoms with E-state index in [1.807, 2.05) is 31.2 Å². The molecule has 1 aliphatic rings. The van der Waals surface area contributed by atoms with Crippen molar-refractivity contribution >= 4 is 0 Å². The second-order valence-corrected chi connectivity index (χ2v) is 5.45. The summed E-state index contributed by atoms with van der Waals surface area (Å²) < 4.78 is 5.41. The smallest absolute Gasteiger partial charge is 0.119 e. The number of aliphatic hydroxyl groups is 1. The predicted molar refractivity (Wildman–Crippen MR) is 81.1 cm³/mol. The van der Waals surface area contributed by atoms with Gasteiger partial charge in [0, 0.05) is 32.7 Å². The minimum Gasteiger partial charge on any atom is -0.494 e. The summed E-state index contributed by atoms with van der Waals surface area (Å²) in [4.78, 5) is 4.77. The third-order valence-corrected chi connectivity index (χ3v) is 3.89. The summed E-state index contributed by atoms with van der Waals surface area (Å²) in [6, 6.07) is 7.77. The molecule has 0 saturated carbocycles. The van der Waals surface area contributed by atoms with Crippen molar-refractivity contribution in [2.45, 2.75) is 19.4 Å². The molecular formula is C16H26N2O2. The molecule has 1 aromatic rings. The Morgan fingerprint density at radius 3 is 2.40 bits per heavy atom. The molecule has 1 aliphatic heterocycles. The minimum atomic E-state index is -0.384. The highest BCUT2D eigenvalue weighted by atomic mass is 16.5. The van der Waals surface area contributed by atoms with E-state index in [9.17, 15) is 5.11 Å². The van der Waals surface area contributed by atoms with Crippen LogP contribution in [-0.2, 0) is 0 Å². The molecule has 1 atom stereocenters. The molecule has 1 saturated heterocycles. The first-order valence-corrected chi connectivity index (χ1v) is 7.50. The van der Waals surface area contributed by atoms with Crippen LogP contribution in [0, 0.1) is 0 Å². The molecule has 1 fully saturated rings. The maximum atomic E-state index is 10.2. The first kappa shape index (κ1) is 15.3. The van der Waals surface area contributed by atoms with E-state index in [1.165, 1.54) is 0 Å². The quantitative estimate of drug-likeness (QED) is 0.860. The Labute approximate surface area is 122 Å². The van der Waals surface area contributed by atoms with Gasteiger partial charge in [0.15, 0.2) is 0 Å². The van der Waals surface area contributed by atoms with Gasteiger partial charge in [0.2, 0.25) is 0 Å². The third kappa shape index (κ3) is 4.47. The second-order valence-electron chi connectivity index (χ2n) is 5.45. The van der Waals surface area contributed by atoms with Crippen molar-refractivity contribution in [3.05, 3.63) is 29.8 Å². The Morgan fingerprint density at radius 1 is 1.15 bits per heavy atom. The number of piperazine rings is 1. The van der Waals surface area contributed by atoms with E-state index >= 15 is 0 Å². The van der Waals surface area contributed by atoms with E-state index in [0.29, 0.717) is 6.61 Å². The lowest BCUT2D eigenvalue weighted by Gasteiger charge is -2.32. The van der Waals surface area contributed by atoms with Crippen molar-refractivity contribution in [3.63, 3.8) is 0 Å². The highest BCUT2D eigenvalue weighted by Crippen LogP contribution is 2.20. The lowest BCUT2D eigenvalue weighted by molar-refractivity contribution is 0.113. The largest absolute Gasteiger partial charge is 0.494 e. The van der Waals surface area contributed by atoms with Crippen molar-refractivity contribution in [2.75, 3.05) is 46.4 Å². The summed E-state index contributed by atoms with van der Waals surface area (Å²) >= 11 is 0. The summed E-state index contributed by atoms with van der Waals surface area (Å²) in [5, 5.41) is 10.2. The zero-order valence-corrected chi connectivity index (χ0v) is 12.6. The summed E-state index contributed by atoms with van der Waals surface area (Å²) in [6.07, 6.45) is 0.405. The second kappa shape index (κ2) is 7.62. The van der Waals surface area contributed by atoms with Crippen molar-refractivity contribution < 1.29 is 9.84 Å². The van der Waals surface area contributed by atoms with Crippen molar-refractivity contribution in [3.8, 4) is 5.75 Å². The molecule has 1 N–H and O–H groups in total. The van der Waals surface area contributed by atoms with Gasteiger partial charge in [-0.15, -0.1) is 0 Å². The molecule has 2 rings (SSSR count). The fraction of sp³-hybridized carbons (Fsp3) is 0.625. The number of rotatable bonds is 6. The molecule has 0 bridgehead atoms. The summed E-state index contributed by atoms with van der Waals surface area (Å²) in [7, 11) is 2.16. The lowest BCUT2D eigenvalue weighted by atomic mass is 10.1. The van der Waals surface area contributed by atoms with Crippen LogP contribution in [0.1, 0.15) is 25.0 Å². The van der Waals surface area contributed by atoms with Gasteiger partial charge in [0.25, 0.3) is 0 Å².